The van der Waals surface area contributed by atoms with Crippen molar-refractivity contribution < 1.29 is 19.0 Å². The number of hydrogen-bond donors (Lipinski definition) is 1. The summed E-state index contributed by atoms with van der Waals surface area (Å²) in [7, 11) is 0. The van der Waals surface area contributed by atoms with Gasteiger partial charge in [-0.2, -0.15) is 5.10 Å². The third kappa shape index (κ3) is 6.71. The quantitative estimate of drug-likeness (QED) is 0.250. The number of pyridine rings is 3. The molecule has 4 fully saturated rings. The molecule has 12 heteroatoms. The van der Waals surface area contributed by atoms with Crippen molar-refractivity contribution in [1.29, 1.82) is 0 Å². The van der Waals surface area contributed by atoms with E-state index in [1.807, 2.05) is 29.9 Å². The average molecular weight is 681 g/mol. The van der Waals surface area contributed by atoms with Gasteiger partial charge in [-0.1, -0.05) is 0 Å². The first kappa shape index (κ1) is 30.5. The Bertz CT molecular complexity index is 1600. The number of piperidine rings is 1. The molecule has 2 bridgehead atoms. The largest absolute Gasteiger partial charge is 0.492 e. The van der Waals surface area contributed by atoms with Gasteiger partial charge in [0.1, 0.15) is 17.4 Å². The highest BCUT2D eigenvalue weighted by molar-refractivity contribution is 9.10. The summed E-state index contributed by atoms with van der Waals surface area (Å²) < 4.78 is 28.1. The Kier molecular flexibility index (Phi) is 9.01. The number of fused-ring (bicyclic) bond motifs is 3. The molecule has 8 heterocycles. The maximum atomic E-state index is 13.6. The van der Waals surface area contributed by atoms with Crippen molar-refractivity contribution in [3.05, 3.63) is 71.1 Å². The zero-order chi connectivity index (χ0) is 30.9. The molecule has 45 heavy (non-hydrogen) atoms. The van der Waals surface area contributed by atoms with Crippen LogP contribution in [-0.2, 0) is 11.3 Å². The van der Waals surface area contributed by atoms with Gasteiger partial charge in [0.05, 0.1) is 54.5 Å². The van der Waals surface area contributed by atoms with Crippen molar-refractivity contribution in [3.63, 3.8) is 0 Å². The van der Waals surface area contributed by atoms with Gasteiger partial charge in [-0.15, -0.1) is 0 Å². The molecule has 4 aromatic heterocycles. The smallest absolute Gasteiger partial charge is 0.141 e. The molecule has 0 radical (unpaired) electrons. The highest BCUT2D eigenvalue weighted by atomic mass is 79.9. The van der Waals surface area contributed by atoms with E-state index in [0.717, 1.165) is 104 Å². The van der Waals surface area contributed by atoms with Gasteiger partial charge in [-0.25, -0.2) is 13.9 Å². The predicted octanol–water partition coefficient (Wildman–Crippen LogP) is 4.25. The van der Waals surface area contributed by atoms with Crippen LogP contribution in [0.2, 0.25) is 0 Å². The van der Waals surface area contributed by atoms with E-state index in [0.29, 0.717) is 18.7 Å². The van der Waals surface area contributed by atoms with Crippen LogP contribution in [0.5, 0.6) is 5.75 Å². The number of rotatable bonds is 11. The molecule has 8 rings (SSSR count). The molecule has 0 saturated carbocycles. The van der Waals surface area contributed by atoms with Crippen molar-refractivity contribution in [1.82, 2.24) is 29.4 Å². The van der Waals surface area contributed by atoms with E-state index in [1.165, 1.54) is 6.20 Å². The van der Waals surface area contributed by atoms with Crippen LogP contribution in [0, 0.1) is 11.7 Å². The van der Waals surface area contributed by atoms with Crippen LogP contribution >= 0.6 is 15.9 Å². The number of anilines is 1. The van der Waals surface area contributed by atoms with Gasteiger partial charge in [0.25, 0.3) is 0 Å². The lowest BCUT2D eigenvalue weighted by atomic mass is 9.87. The Balaban J connectivity index is 1.02. The van der Waals surface area contributed by atoms with Crippen LogP contribution in [-0.4, -0.2) is 105 Å². The van der Waals surface area contributed by atoms with E-state index in [-0.39, 0.29) is 11.7 Å². The SMILES string of the molecule is CC(O)C(CCOc1cc(-c2ccc(N3CC4CC(C3)N4Cc3cncc(F)c3)nc2)c2c(Br)cnn2c1)CN1CCOCC1. The maximum absolute atomic E-state index is 13.6. The number of piperazine rings is 1. The first-order valence-electron chi connectivity index (χ1n) is 15.8. The number of nitrogens with zero attached hydrogens (tertiary/aromatic N) is 7. The van der Waals surface area contributed by atoms with E-state index >= 15 is 0 Å². The number of aliphatic hydroxyl groups excluding tert-OH is 1. The predicted molar refractivity (Wildman–Crippen MR) is 173 cm³/mol. The molecule has 4 aliphatic heterocycles. The normalized spacial score (nSPS) is 21.9. The highest BCUT2D eigenvalue weighted by Crippen LogP contribution is 2.37. The molecule has 1 N–H and O–H groups in total. The Hall–Kier alpha value is -3.16. The van der Waals surface area contributed by atoms with Crippen LogP contribution < -0.4 is 9.64 Å². The molecule has 10 nitrogen and oxygen atoms in total. The van der Waals surface area contributed by atoms with E-state index < -0.39 is 6.10 Å². The maximum Gasteiger partial charge on any atom is 0.141 e. The summed E-state index contributed by atoms with van der Waals surface area (Å²) in [4.78, 5) is 16.1. The number of aliphatic hydroxyl groups is 1. The second-order valence-corrected chi connectivity index (χ2v) is 13.3. The topological polar surface area (TPSA) is 91.5 Å². The van der Waals surface area contributed by atoms with Crippen molar-refractivity contribution in [2.45, 2.75) is 44.5 Å². The van der Waals surface area contributed by atoms with Crippen LogP contribution in [0.3, 0.4) is 0 Å². The minimum atomic E-state index is -0.416. The molecule has 0 spiro atoms. The van der Waals surface area contributed by atoms with Gasteiger partial charge in [-0.3, -0.25) is 14.8 Å². The van der Waals surface area contributed by atoms with Gasteiger partial charge in [0, 0.05) is 80.8 Å². The molecule has 238 valence electrons. The molecule has 4 aliphatic rings. The highest BCUT2D eigenvalue weighted by Gasteiger charge is 2.44. The lowest BCUT2D eigenvalue weighted by Gasteiger charge is -2.56. The Labute approximate surface area is 270 Å². The van der Waals surface area contributed by atoms with Gasteiger partial charge in [0.15, 0.2) is 0 Å². The first-order valence-corrected chi connectivity index (χ1v) is 16.5. The van der Waals surface area contributed by atoms with Crippen LogP contribution in [0.1, 0.15) is 25.3 Å². The van der Waals surface area contributed by atoms with Crippen LogP contribution in [0.4, 0.5) is 10.2 Å². The minimum Gasteiger partial charge on any atom is -0.492 e. The standard InChI is InChI=1S/C33H39BrFN7O3/c1-22(43)25(18-39-5-8-44-9-6-39)4-7-45-29-12-30(33-31(34)16-38-42(33)21-29)24-2-3-32(37-14-24)40-19-27-11-28(20-40)41(27)17-23-10-26(35)15-36-13-23/h2-3,10,12-16,21-22,25,27-28,43H,4-9,11,17-20H2,1H3. The van der Waals surface area contributed by atoms with Crippen LogP contribution in [0.15, 0.2) is 59.7 Å². The molecule has 0 aromatic carbocycles. The first-order chi connectivity index (χ1) is 21.9. The lowest BCUT2D eigenvalue weighted by molar-refractivity contribution is -0.00882. The fourth-order valence-corrected chi connectivity index (χ4v) is 7.39. The summed E-state index contributed by atoms with van der Waals surface area (Å²) >= 11 is 3.67. The molecular formula is C33H39BrFN7O3. The molecule has 4 aromatic rings. The van der Waals surface area contributed by atoms with Crippen molar-refractivity contribution in [2.75, 3.05) is 57.4 Å². The van der Waals surface area contributed by atoms with E-state index in [1.54, 1.807) is 18.5 Å². The number of halogens is 2. The van der Waals surface area contributed by atoms with Crippen molar-refractivity contribution in [3.8, 4) is 16.9 Å². The number of morpholine rings is 1. The van der Waals surface area contributed by atoms with Gasteiger partial charge < -0.3 is 19.5 Å². The molecular weight excluding hydrogens is 641 g/mol. The average Bonchev–Trinajstić information content (AvgIpc) is 3.43. The van der Waals surface area contributed by atoms with Gasteiger partial charge in [0.2, 0.25) is 0 Å². The molecule has 4 atom stereocenters. The summed E-state index contributed by atoms with van der Waals surface area (Å²) in [6, 6.07) is 8.68. The Morgan fingerprint density at radius 2 is 1.93 bits per heavy atom. The Morgan fingerprint density at radius 1 is 1.11 bits per heavy atom. The third-order valence-electron chi connectivity index (χ3n) is 9.43. The van der Waals surface area contributed by atoms with Crippen molar-refractivity contribution >= 4 is 27.3 Å². The second kappa shape index (κ2) is 13.3. The zero-order valence-electron chi connectivity index (χ0n) is 25.4. The van der Waals surface area contributed by atoms with Crippen molar-refractivity contribution in [2.24, 2.45) is 5.92 Å². The monoisotopic (exact) mass is 679 g/mol. The number of aromatic nitrogens is 4. The fourth-order valence-electron chi connectivity index (χ4n) is 6.91. The van der Waals surface area contributed by atoms with Gasteiger partial charge in [-0.05, 0) is 65.5 Å². The Morgan fingerprint density at radius 3 is 2.67 bits per heavy atom. The third-order valence-corrected chi connectivity index (χ3v) is 10.0. The molecule has 4 unspecified atom stereocenters. The van der Waals surface area contributed by atoms with E-state index in [4.69, 9.17) is 14.5 Å². The molecule has 4 saturated heterocycles. The van der Waals surface area contributed by atoms with E-state index in [2.05, 4.69) is 52.8 Å². The van der Waals surface area contributed by atoms with Crippen LogP contribution in [0.25, 0.3) is 16.6 Å². The zero-order valence-corrected chi connectivity index (χ0v) is 27.0. The second-order valence-electron chi connectivity index (χ2n) is 12.5. The number of ether oxygens (including phenoxy) is 2. The molecule has 0 amide bonds. The lowest BCUT2D eigenvalue weighted by Crippen LogP contribution is -2.68. The molecule has 0 aliphatic carbocycles. The summed E-state index contributed by atoms with van der Waals surface area (Å²) in [6.45, 7) is 8.99. The van der Waals surface area contributed by atoms with Gasteiger partial charge >= 0.3 is 0 Å². The summed E-state index contributed by atoms with van der Waals surface area (Å²) in [5, 5.41) is 15.0. The summed E-state index contributed by atoms with van der Waals surface area (Å²) in [5.74, 6) is 1.51. The summed E-state index contributed by atoms with van der Waals surface area (Å²) in [5.41, 5.74) is 3.83. The summed E-state index contributed by atoms with van der Waals surface area (Å²) in [6.07, 6.45) is 10.1. The minimum absolute atomic E-state index is 0.119. The fraction of sp³-hybridized carbons (Fsp3) is 0.485. The van der Waals surface area contributed by atoms with E-state index in [9.17, 15) is 9.50 Å². The number of hydrogen-bond acceptors (Lipinski definition) is 9.